The minimum atomic E-state index is -0.586. The maximum Gasteiger partial charge on any atom is 0.302 e. The fourth-order valence-electron chi connectivity index (χ4n) is 12.6. The first kappa shape index (κ1) is 26.1. The van der Waals surface area contributed by atoms with Gasteiger partial charge in [0.15, 0.2) is 0 Å². The van der Waals surface area contributed by atoms with E-state index in [1.807, 2.05) is 13.8 Å². The molecule has 0 aromatic heterocycles. The Morgan fingerprint density at radius 3 is 2.06 bits per heavy atom. The smallest absolute Gasteiger partial charge is 0.302 e. The summed E-state index contributed by atoms with van der Waals surface area (Å²) >= 11 is 0. The Hall–Kier alpha value is -0.570. The Morgan fingerprint density at radius 2 is 1.46 bits per heavy atom. The van der Waals surface area contributed by atoms with E-state index in [0.717, 1.165) is 6.42 Å². The van der Waals surface area contributed by atoms with Gasteiger partial charge in [-0.25, -0.2) is 0 Å². The van der Waals surface area contributed by atoms with Crippen molar-refractivity contribution in [2.45, 2.75) is 138 Å². The first-order valence-corrected chi connectivity index (χ1v) is 14.9. The van der Waals surface area contributed by atoms with E-state index in [-0.39, 0.29) is 33.7 Å². The molecule has 3 heteroatoms. The third kappa shape index (κ3) is 3.41. The Balaban J connectivity index is 1.57. The number of rotatable bonds is 2. The largest absolute Gasteiger partial charge is 0.462 e. The van der Waals surface area contributed by atoms with Gasteiger partial charge in [-0.2, -0.15) is 0 Å². The zero-order valence-electron chi connectivity index (χ0n) is 24.3. The normalized spacial score (nSPS) is 53.1. The molecule has 0 unspecified atom stereocenters. The average Bonchev–Trinajstić information content (AvgIpc) is 3.04. The second kappa shape index (κ2) is 7.73. The lowest BCUT2D eigenvalue weighted by molar-refractivity contribution is -0.271. The van der Waals surface area contributed by atoms with E-state index in [1.165, 1.54) is 57.8 Å². The summed E-state index contributed by atoms with van der Waals surface area (Å²) in [6, 6.07) is 0. The van der Waals surface area contributed by atoms with Crippen molar-refractivity contribution >= 4 is 5.97 Å². The molecule has 5 aliphatic rings. The Morgan fingerprint density at radius 1 is 0.829 bits per heavy atom. The first-order valence-electron chi connectivity index (χ1n) is 14.9. The monoisotopic (exact) mass is 486 g/mol. The van der Waals surface area contributed by atoms with E-state index in [4.69, 9.17) is 4.74 Å². The molecule has 0 saturated heterocycles. The summed E-state index contributed by atoms with van der Waals surface area (Å²) in [5.74, 6) is 2.78. The van der Waals surface area contributed by atoms with Crippen molar-refractivity contribution in [3.05, 3.63) is 0 Å². The molecule has 0 aliphatic heterocycles. The maximum absolute atomic E-state index is 12.4. The molecule has 0 bridgehead atoms. The van der Waals surface area contributed by atoms with Crippen LogP contribution in [0.25, 0.3) is 0 Å². The van der Waals surface area contributed by atoms with E-state index in [1.54, 1.807) is 6.92 Å². The predicted octanol–water partition coefficient (Wildman–Crippen LogP) is 7.79. The van der Waals surface area contributed by atoms with Gasteiger partial charge in [-0.05, 0) is 122 Å². The zero-order chi connectivity index (χ0) is 25.8. The van der Waals surface area contributed by atoms with E-state index < -0.39 is 5.60 Å². The van der Waals surface area contributed by atoms with Crippen LogP contribution in [0.1, 0.15) is 127 Å². The number of carbonyl (C=O) groups excluding carboxylic acids is 1. The molecule has 0 spiro atoms. The standard InChI is InChI=1S/C32H54O3/c1-20(33)35-23-19-32(9)25(30(7)16-10-15-27(2,3)26(23)30)12-11-24-29(6)17-13-21(28(4,5)34)22(29)14-18-31(24,32)8/h21-26,34H,10-19H2,1-9H3/t21-,22-,23-,24+,25+,26-,29-,30+,31+,32+/m0/s1. The number of hydrogen-bond acceptors (Lipinski definition) is 3. The second-order valence-electron chi connectivity index (χ2n) is 16.1. The molecule has 5 fully saturated rings. The summed E-state index contributed by atoms with van der Waals surface area (Å²) in [7, 11) is 0. The Labute approximate surface area is 215 Å². The highest BCUT2D eigenvalue weighted by Crippen LogP contribution is 2.78. The van der Waals surface area contributed by atoms with Crippen molar-refractivity contribution in [3.8, 4) is 0 Å². The Kier molecular flexibility index (Phi) is 5.76. The fraction of sp³-hybridized carbons (Fsp3) is 0.969. The molecule has 0 aromatic rings. The summed E-state index contributed by atoms with van der Waals surface area (Å²) in [5, 5.41) is 11.1. The maximum atomic E-state index is 12.4. The molecule has 0 radical (unpaired) electrons. The van der Waals surface area contributed by atoms with Gasteiger partial charge < -0.3 is 9.84 Å². The molecule has 5 aliphatic carbocycles. The van der Waals surface area contributed by atoms with Crippen LogP contribution in [0, 0.1) is 56.7 Å². The Bertz CT molecular complexity index is 871. The number of aliphatic hydroxyl groups is 1. The van der Waals surface area contributed by atoms with Gasteiger partial charge in [0.2, 0.25) is 0 Å². The number of hydrogen-bond donors (Lipinski definition) is 1. The summed E-state index contributed by atoms with van der Waals surface area (Å²) in [5.41, 5.74) is 0.593. The van der Waals surface area contributed by atoms with Gasteiger partial charge in [0.05, 0.1) is 5.60 Å². The quantitative estimate of drug-likeness (QED) is 0.405. The molecule has 5 saturated carbocycles. The molecule has 35 heavy (non-hydrogen) atoms. The van der Waals surface area contributed by atoms with Crippen LogP contribution in [-0.2, 0) is 9.53 Å². The van der Waals surface area contributed by atoms with Crippen LogP contribution in [0.5, 0.6) is 0 Å². The van der Waals surface area contributed by atoms with Crippen molar-refractivity contribution in [3.63, 3.8) is 0 Å². The lowest BCUT2D eigenvalue weighted by Gasteiger charge is -2.74. The van der Waals surface area contributed by atoms with Crippen LogP contribution < -0.4 is 0 Å². The molecule has 1 N–H and O–H groups in total. The lowest BCUT2D eigenvalue weighted by atomic mass is 9.31. The minimum absolute atomic E-state index is 0.0304. The zero-order valence-corrected chi connectivity index (χ0v) is 24.3. The molecule has 5 rings (SSSR count). The summed E-state index contributed by atoms with van der Waals surface area (Å²) in [4.78, 5) is 12.4. The van der Waals surface area contributed by atoms with Crippen LogP contribution in [0.4, 0.5) is 0 Å². The van der Waals surface area contributed by atoms with E-state index in [2.05, 4.69) is 41.5 Å². The van der Waals surface area contributed by atoms with Crippen LogP contribution in [0.2, 0.25) is 0 Å². The van der Waals surface area contributed by atoms with Gasteiger partial charge >= 0.3 is 5.97 Å². The highest BCUT2D eigenvalue weighted by molar-refractivity contribution is 5.66. The third-order valence-corrected chi connectivity index (χ3v) is 13.8. The van der Waals surface area contributed by atoms with Gasteiger partial charge in [-0.15, -0.1) is 0 Å². The average molecular weight is 487 g/mol. The van der Waals surface area contributed by atoms with Crippen LogP contribution >= 0.6 is 0 Å². The second-order valence-corrected chi connectivity index (χ2v) is 16.1. The molecular weight excluding hydrogens is 432 g/mol. The molecule has 0 amide bonds. The van der Waals surface area contributed by atoms with Crippen molar-refractivity contribution in [2.24, 2.45) is 56.7 Å². The highest BCUT2D eigenvalue weighted by Gasteiger charge is 2.72. The van der Waals surface area contributed by atoms with Crippen molar-refractivity contribution in [2.75, 3.05) is 0 Å². The van der Waals surface area contributed by atoms with E-state index in [9.17, 15) is 9.90 Å². The van der Waals surface area contributed by atoms with Gasteiger partial charge in [0, 0.05) is 12.8 Å². The SMILES string of the molecule is CC(=O)O[C@H]1C[C@]2(C)[C@H](CC[C@@H]3[C@@]4(C)CC[C@H](C(C)(C)O)[C@@H]4CC[C@]32C)[C@@]2(C)CCCC(C)(C)[C@H]12. The number of carbonyl (C=O) groups is 1. The molecule has 200 valence electrons. The molecule has 0 heterocycles. The predicted molar refractivity (Wildman–Crippen MR) is 142 cm³/mol. The molecule has 3 nitrogen and oxygen atoms in total. The molecular formula is C32H54O3. The van der Waals surface area contributed by atoms with Crippen molar-refractivity contribution in [1.82, 2.24) is 0 Å². The highest BCUT2D eigenvalue weighted by atomic mass is 16.5. The minimum Gasteiger partial charge on any atom is -0.462 e. The van der Waals surface area contributed by atoms with E-state index >= 15 is 0 Å². The van der Waals surface area contributed by atoms with Crippen LogP contribution in [-0.4, -0.2) is 22.8 Å². The fourth-order valence-corrected chi connectivity index (χ4v) is 12.6. The van der Waals surface area contributed by atoms with Crippen molar-refractivity contribution in [1.29, 1.82) is 0 Å². The number of fused-ring (bicyclic) bond motifs is 7. The molecule has 0 aromatic carbocycles. The summed E-state index contributed by atoms with van der Waals surface area (Å²) in [6.07, 6.45) is 12.5. The van der Waals surface area contributed by atoms with Crippen molar-refractivity contribution < 1.29 is 14.6 Å². The van der Waals surface area contributed by atoms with Crippen LogP contribution in [0.3, 0.4) is 0 Å². The topological polar surface area (TPSA) is 46.5 Å². The van der Waals surface area contributed by atoms with Gasteiger partial charge in [-0.3, -0.25) is 4.79 Å². The van der Waals surface area contributed by atoms with Gasteiger partial charge in [0.1, 0.15) is 6.10 Å². The molecule has 10 atom stereocenters. The summed E-state index contributed by atoms with van der Waals surface area (Å²) in [6.45, 7) is 21.1. The third-order valence-electron chi connectivity index (χ3n) is 13.8. The number of ether oxygens (including phenoxy) is 1. The lowest BCUT2D eigenvalue weighted by Crippen LogP contribution is -2.69. The first-order chi connectivity index (χ1) is 16.0. The number of esters is 1. The summed E-state index contributed by atoms with van der Waals surface area (Å²) < 4.78 is 6.30. The van der Waals surface area contributed by atoms with Gasteiger partial charge in [0.25, 0.3) is 0 Å². The van der Waals surface area contributed by atoms with E-state index in [0.29, 0.717) is 35.0 Å². The van der Waals surface area contributed by atoms with Gasteiger partial charge in [-0.1, -0.05) is 48.0 Å². The van der Waals surface area contributed by atoms with Crippen LogP contribution in [0.15, 0.2) is 0 Å².